The molecule has 3 nitrogen and oxygen atoms in total. The van der Waals surface area contributed by atoms with Crippen LogP contribution in [0.15, 0.2) is 60.9 Å². The van der Waals surface area contributed by atoms with Gasteiger partial charge in [0.25, 0.3) is 0 Å². The zero-order valence-corrected chi connectivity index (χ0v) is 12.0. The lowest BCUT2D eigenvalue weighted by molar-refractivity contribution is 0.185. The molecular weight excluding hydrogens is 260 g/mol. The van der Waals surface area contributed by atoms with Crippen molar-refractivity contribution >= 4 is 16.5 Å². The molecule has 0 radical (unpaired) electrons. The van der Waals surface area contributed by atoms with Crippen molar-refractivity contribution in [3.63, 3.8) is 0 Å². The Balaban J connectivity index is 1.84. The van der Waals surface area contributed by atoms with Crippen molar-refractivity contribution in [1.82, 2.24) is 4.98 Å². The van der Waals surface area contributed by atoms with Crippen LogP contribution in [0.1, 0.15) is 11.1 Å². The van der Waals surface area contributed by atoms with Gasteiger partial charge in [0.05, 0.1) is 6.61 Å². The Morgan fingerprint density at radius 3 is 2.67 bits per heavy atom. The number of rotatable bonds is 5. The van der Waals surface area contributed by atoms with Gasteiger partial charge in [-0.25, -0.2) is 0 Å². The maximum atomic E-state index is 5.24. The molecule has 0 aliphatic rings. The van der Waals surface area contributed by atoms with Gasteiger partial charge in [-0.2, -0.15) is 0 Å². The summed E-state index contributed by atoms with van der Waals surface area (Å²) in [5.41, 5.74) is 3.46. The highest BCUT2D eigenvalue weighted by molar-refractivity contribution is 5.84. The van der Waals surface area contributed by atoms with Gasteiger partial charge in [-0.05, 0) is 17.0 Å². The molecule has 0 fully saturated rings. The molecule has 0 saturated heterocycles. The van der Waals surface area contributed by atoms with Crippen LogP contribution in [-0.4, -0.2) is 12.1 Å². The minimum absolute atomic E-state index is 0.608. The predicted octanol–water partition coefficient (Wildman–Crippen LogP) is 3.99. The minimum Gasteiger partial charge on any atom is -0.381 e. The van der Waals surface area contributed by atoms with E-state index in [2.05, 4.69) is 40.6 Å². The number of fused-ring (bicyclic) bond motifs is 1. The van der Waals surface area contributed by atoms with Gasteiger partial charge in [-0.1, -0.05) is 42.5 Å². The smallest absolute Gasteiger partial charge is 0.0733 e. The first-order chi connectivity index (χ1) is 10.4. The van der Waals surface area contributed by atoms with E-state index in [9.17, 15) is 0 Å². The van der Waals surface area contributed by atoms with E-state index in [0.717, 1.165) is 17.8 Å². The first-order valence-corrected chi connectivity index (χ1v) is 7.01. The molecule has 0 aliphatic heterocycles. The zero-order valence-electron chi connectivity index (χ0n) is 12.0. The minimum atomic E-state index is 0.608. The Morgan fingerprint density at radius 2 is 1.76 bits per heavy atom. The number of para-hydroxylation sites is 1. The number of anilines is 1. The first-order valence-electron chi connectivity index (χ1n) is 7.01. The third kappa shape index (κ3) is 3.03. The topological polar surface area (TPSA) is 34.1 Å². The molecule has 2 aromatic carbocycles. The van der Waals surface area contributed by atoms with Gasteiger partial charge in [0.2, 0.25) is 0 Å². The molecule has 1 heterocycles. The number of nitrogens with one attached hydrogen (secondary N) is 1. The molecule has 0 aliphatic carbocycles. The normalized spacial score (nSPS) is 10.7. The monoisotopic (exact) mass is 278 g/mol. The van der Waals surface area contributed by atoms with Crippen LogP contribution >= 0.6 is 0 Å². The summed E-state index contributed by atoms with van der Waals surface area (Å²) in [6, 6.07) is 16.5. The molecule has 0 spiro atoms. The van der Waals surface area contributed by atoms with Crippen LogP contribution in [0.25, 0.3) is 10.8 Å². The fraction of sp³-hybridized carbons (Fsp3) is 0.167. The van der Waals surface area contributed by atoms with E-state index < -0.39 is 0 Å². The summed E-state index contributed by atoms with van der Waals surface area (Å²) < 4.78 is 5.24. The Labute approximate surface area is 124 Å². The second-order valence-electron chi connectivity index (χ2n) is 4.96. The van der Waals surface area contributed by atoms with Gasteiger partial charge in [-0.3, -0.25) is 4.98 Å². The number of methoxy groups -OCH3 is 1. The highest BCUT2D eigenvalue weighted by Crippen LogP contribution is 2.20. The van der Waals surface area contributed by atoms with Crippen molar-refractivity contribution in [2.45, 2.75) is 13.2 Å². The second-order valence-corrected chi connectivity index (χ2v) is 4.96. The summed E-state index contributed by atoms with van der Waals surface area (Å²) in [6.07, 6.45) is 3.83. The highest BCUT2D eigenvalue weighted by Gasteiger charge is 2.04. The molecule has 0 bridgehead atoms. The van der Waals surface area contributed by atoms with E-state index in [1.807, 2.05) is 30.6 Å². The molecule has 0 unspecified atom stereocenters. The Kier molecular flexibility index (Phi) is 4.12. The SMILES string of the molecule is COCc1ccccc1NCc1cncc2ccccc12. The summed E-state index contributed by atoms with van der Waals surface area (Å²) in [5, 5.41) is 5.90. The number of ether oxygens (including phenoxy) is 1. The van der Waals surface area contributed by atoms with Crippen LogP contribution in [0.4, 0.5) is 5.69 Å². The van der Waals surface area contributed by atoms with Crippen LogP contribution in [0, 0.1) is 0 Å². The van der Waals surface area contributed by atoms with Crippen molar-refractivity contribution in [1.29, 1.82) is 0 Å². The third-order valence-corrected chi connectivity index (χ3v) is 3.54. The quantitative estimate of drug-likeness (QED) is 0.766. The Morgan fingerprint density at radius 1 is 0.952 bits per heavy atom. The first kappa shape index (κ1) is 13.6. The molecule has 3 aromatic rings. The van der Waals surface area contributed by atoms with E-state index in [0.29, 0.717) is 6.61 Å². The molecule has 1 N–H and O–H groups in total. The van der Waals surface area contributed by atoms with Crippen molar-refractivity contribution in [3.05, 3.63) is 72.1 Å². The van der Waals surface area contributed by atoms with Gasteiger partial charge in [0.1, 0.15) is 0 Å². The number of hydrogen-bond acceptors (Lipinski definition) is 3. The molecule has 21 heavy (non-hydrogen) atoms. The summed E-state index contributed by atoms with van der Waals surface area (Å²) >= 11 is 0. The average Bonchev–Trinajstić information content (AvgIpc) is 2.54. The van der Waals surface area contributed by atoms with Crippen LogP contribution in [0.2, 0.25) is 0 Å². The third-order valence-electron chi connectivity index (χ3n) is 3.54. The molecule has 106 valence electrons. The standard InChI is InChI=1S/C18H18N2O/c1-21-13-15-7-3-5-9-18(15)20-12-16-11-19-10-14-6-2-4-8-17(14)16/h2-11,20H,12-13H2,1H3. The van der Waals surface area contributed by atoms with E-state index in [4.69, 9.17) is 4.74 Å². The molecule has 0 amide bonds. The largest absolute Gasteiger partial charge is 0.381 e. The number of aromatic nitrogens is 1. The highest BCUT2D eigenvalue weighted by atomic mass is 16.5. The van der Waals surface area contributed by atoms with Crippen molar-refractivity contribution < 1.29 is 4.74 Å². The Bertz CT molecular complexity index is 735. The van der Waals surface area contributed by atoms with Crippen molar-refractivity contribution in [2.75, 3.05) is 12.4 Å². The van der Waals surface area contributed by atoms with Crippen molar-refractivity contribution in [3.8, 4) is 0 Å². The van der Waals surface area contributed by atoms with Gasteiger partial charge < -0.3 is 10.1 Å². The summed E-state index contributed by atoms with van der Waals surface area (Å²) in [6.45, 7) is 1.35. The van der Waals surface area contributed by atoms with Crippen LogP contribution in [-0.2, 0) is 17.9 Å². The lowest BCUT2D eigenvalue weighted by Crippen LogP contribution is -2.04. The average molecular weight is 278 g/mol. The summed E-state index contributed by atoms with van der Waals surface area (Å²) in [5.74, 6) is 0. The molecule has 0 saturated carbocycles. The van der Waals surface area contributed by atoms with Gasteiger partial charge >= 0.3 is 0 Å². The van der Waals surface area contributed by atoms with Gasteiger partial charge in [0.15, 0.2) is 0 Å². The van der Waals surface area contributed by atoms with E-state index in [1.165, 1.54) is 16.3 Å². The zero-order chi connectivity index (χ0) is 14.5. The lowest BCUT2D eigenvalue weighted by atomic mass is 10.1. The molecule has 1 aromatic heterocycles. The summed E-state index contributed by atoms with van der Waals surface area (Å²) in [7, 11) is 1.71. The maximum absolute atomic E-state index is 5.24. The molecular formula is C18H18N2O. The van der Waals surface area contributed by atoms with Gasteiger partial charge in [0, 0.05) is 42.7 Å². The maximum Gasteiger partial charge on any atom is 0.0733 e. The van der Waals surface area contributed by atoms with Crippen molar-refractivity contribution in [2.24, 2.45) is 0 Å². The Hall–Kier alpha value is -2.39. The number of nitrogens with zero attached hydrogens (tertiary/aromatic N) is 1. The molecule has 0 atom stereocenters. The predicted molar refractivity (Wildman–Crippen MR) is 86.2 cm³/mol. The molecule has 3 heteroatoms. The lowest BCUT2D eigenvalue weighted by Gasteiger charge is -2.12. The summed E-state index contributed by atoms with van der Waals surface area (Å²) in [4.78, 5) is 4.32. The molecule has 3 rings (SSSR count). The van der Waals surface area contributed by atoms with E-state index in [1.54, 1.807) is 7.11 Å². The number of benzene rings is 2. The fourth-order valence-electron chi connectivity index (χ4n) is 2.48. The van der Waals surface area contributed by atoms with Crippen LogP contribution in [0.3, 0.4) is 0 Å². The van der Waals surface area contributed by atoms with Gasteiger partial charge in [-0.15, -0.1) is 0 Å². The van der Waals surface area contributed by atoms with E-state index in [-0.39, 0.29) is 0 Å². The van der Waals surface area contributed by atoms with Crippen LogP contribution in [0.5, 0.6) is 0 Å². The number of pyridine rings is 1. The number of hydrogen-bond donors (Lipinski definition) is 1. The fourth-order valence-corrected chi connectivity index (χ4v) is 2.48. The second kappa shape index (κ2) is 6.37. The van der Waals surface area contributed by atoms with Crippen LogP contribution < -0.4 is 5.32 Å². The van der Waals surface area contributed by atoms with E-state index >= 15 is 0 Å².